The Morgan fingerprint density at radius 2 is 1.89 bits per heavy atom. The van der Waals surface area contributed by atoms with E-state index >= 15 is 0 Å². The van der Waals surface area contributed by atoms with Gasteiger partial charge in [0.25, 0.3) is 0 Å². The lowest BCUT2D eigenvalue weighted by molar-refractivity contribution is 0.237. The van der Waals surface area contributed by atoms with Crippen LogP contribution in [0.5, 0.6) is 0 Å². The minimum Gasteiger partial charge on any atom is -0.0649 e. The Hall–Kier alpha value is 0. The van der Waals surface area contributed by atoms with Crippen molar-refractivity contribution in [2.45, 2.75) is 40.0 Å². The Kier molecular flexibility index (Phi) is 0.774. The lowest BCUT2D eigenvalue weighted by Gasteiger charge is -2.26. The van der Waals surface area contributed by atoms with E-state index in [1.54, 1.807) is 12.8 Å². The minimum absolute atomic E-state index is 0.664. The van der Waals surface area contributed by atoms with Gasteiger partial charge in [0.1, 0.15) is 0 Å². The first kappa shape index (κ1) is 5.76. The van der Waals surface area contributed by atoms with Crippen LogP contribution in [0.3, 0.4) is 0 Å². The van der Waals surface area contributed by atoms with Gasteiger partial charge in [-0.1, -0.05) is 27.2 Å². The zero-order valence-electron chi connectivity index (χ0n) is 6.70. The minimum atomic E-state index is 0.664. The van der Waals surface area contributed by atoms with Crippen molar-refractivity contribution in [1.29, 1.82) is 0 Å². The molecule has 0 bridgehead atoms. The molecule has 0 unspecified atom stereocenters. The molecular formula is C9H16. The van der Waals surface area contributed by atoms with Crippen LogP contribution in [0.15, 0.2) is 0 Å². The first-order chi connectivity index (χ1) is 4.12. The molecule has 0 aromatic rings. The van der Waals surface area contributed by atoms with Crippen LogP contribution in [-0.4, -0.2) is 0 Å². The molecule has 2 fully saturated rings. The summed E-state index contributed by atoms with van der Waals surface area (Å²) in [6.07, 6.45) is 4.46. The van der Waals surface area contributed by atoms with E-state index in [2.05, 4.69) is 20.8 Å². The fourth-order valence-electron chi connectivity index (χ4n) is 2.16. The van der Waals surface area contributed by atoms with Crippen LogP contribution in [0.2, 0.25) is 0 Å². The lowest BCUT2D eigenvalue weighted by Crippen LogP contribution is -2.17. The van der Waals surface area contributed by atoms with E-state index in [1.807, 2.05) is 0 Å². The van der Waals surface area contributed by atoms with Crippen LogP contribution >= 0.6 is 0 Å². The molecule has 0 radical (unpaired) electrons. The van der Waals surface area contributed by atoms with Crippen molar-refractivity contribution in [3.8, 4) is 0 Å². The van der Waals surface area contributed by atoms with Crippen LogP contribution in [0.1, 0.15) is 40.0 Å². The maximum atomic E-state index is 2.43. The van der Waals surface area contributed by atoms with E-state index in [0.29, 0.717) is 5.41 Å². The molecular weight excluding hydrogens is 108 g/mol. The van der Waals surface area contributed by atoms with E-state index in [9.17, 15) is 0 Å². The predicted molar refractivity (Wildman–Crippen MR) is 39.2 cm³/mol. The van der Waals surface area contributed by atoms with Crippen LogP contribution in [0.4, 0.5) is 0 Å². The Balaban J connectivity index is 2.11. The molecule has 9 heavy (non-hydrogen) atoms. The maximum Gasteiger partial charge on any atom is -0.0212 e. The van der Waals surface area contributed by atoms with E-state index in [-0.39, 0.29) is 0 Å². The van der Waals surface area contributed by atoms with Gasteiger partial charge in [-0.05, 0) is 29.6 Å². The van der Waals surface area contributed by atoms with E-state index < -0.39 is 0 Å². The number of hydrogen-bond donors (Lipinski definition) is 0. The molecule has 52 valence electrons. The molecule has 2 aliphatic rings. The van der Waals surface area contributed by atoms with Gasteiger partial charge in [0.2, 0.25) is 0 Å². The standard InChI is InChI=1S/C9H16/c1-4-8(2,3)9-5-7(9)6-9/h7H,4-6H2,1-3H3. The van der Waals surface area contributed by atoms with Gasteiger partial charge >= 0.3 is 0 Å². The molecule has 0 aromatic heterocycles. The fourth-order valence-corrected chi connectivity index (χ4v) is 2.16. The van der Waals surface area contributed by atoms with Crippen molar-refractivity contribution in [3.05, 3.63) is 0 Å². The van der Waals surface area contributed by atoms with Gasteiger partial charge in [-0.25, -0.2) is 0 Å². The monoisotopic (exact) mass is 124 g/mol. The lowest BCUT2D eigenvalue weighted by atomic mass is 9.79. The molecule has 0 N–H and O–H groups in total. The molecule has 2 rings (SSSR count). The first-order valence-electron chi connectivity index (χ1n) is 4.12. The van der Waals surface area contributed by atoms with Gasteiger partial charge < -0.3 is 0 Å². The van der Waals surface area contributed by atoms with E-state index in [1.165, 1.54) is 6.42 Å². The third-order valence-corrected chi connectivity index (χ3v) is 3.91. The summed E-state index contributed by atoms with van der Waals surface area (Å²) < 4.78 is 0. The summed E-state index contributed by atoms with van der Waals surface area (Å²) in [5, 5.41) is 0. The third-order valence-electron chi connectivity index (χ3n) is 3.91. The summed E-state index contributed by atoms with van der Waals surface area (Å²) >= 11 is 0. The van der Waals surface area contributed by atoms with E-state index in [0.717, 1.165) is 11.3 Å². The smallest absolute Gasteiger partial charge is 0.0212 e. The summed E-state index contributed by atoms with van der Waals surface area (Å²) in [5.74, 6) is 1.16. The van der Waals surface area contributed by atoms with Crippen molar-refractivity contribution >= 4 is 0 Å². The van der Waals surface area contributed by atoms with Crippen molar-refractivity contribution in [2.24, 2.45) is 16.7 Å². The molecule has 0 nitrogen and oxygen atoms in total. The van der Waals surface area contributed by atoms with Gasteiger partial charge in [-0.2, -0.15) is 0 Å². The molecule has 0 saturated heterocycles. The zero-order valence-corrected chi connectivity index (χ0v) is 6.70. The topological polar surface area (TPSA) is 0 Å². The molecule has 0 aliphatic heterocycles. The summed E-state index contributed by atoms with van der Waals surface area (Å²) in [4.78, 5) is 0. The summed E-state index contributed by atoms with van der Waals surface area (Å²) in [6, 6.07) is 0. The summed E-state index contributed by atoms with van der Waals surface area (Å²) in [6.45, 7) is 7.18. The third kappa shape index (κ3) is 0.500. The zero-order chi connectivity index (χ0) is 6.70. The van der Waals surface area contributed by atoms with Gasteiger partial charge in [-0.3, -0.25) is 0 Å². The quantitative estimate of drug-likeness (QED) is 0.531. The molecule has 0 aromatic carbocycles. The average Bonchev–Trinajstić information content (AvgIpc) is 2.45. The summed E-state index contributed by atoms with van der Waals surface area (Å²) in [5.41, 5.74) is 1.53. The highest BCUT2D eigenvalue weighted by Crippen LogP contribution is 2.83. The van der Waals surface area contributed by atoms with Gasteiger partial charge in [-0.15, -0.1) is 0 Å². The largest absolute Gasteiger partial charge is 0.0649 e. The van der Waals surface area contributed by atoms with Crippen molar-refractivity contribution in [3.63, 3.8) is 0 Å². The second-order valence-corrected chi connectivity index (χ2v) is 4.50. The van der Waals surface area contributed by atoms with Gasteiger partial charge in [0, 0.05) is 0 Å². The van der Waals surface area contributed by atoms with E-state index in [4.69, 9.17) is 0 Å². The predicted octanol–water partition coefficient (Wildman–Crippen LogP) is 2.83. The number of hydrogen-bond acceptors (Lipinski definition) is 0. The first-order valence-corrected chi connectivity index (χ1v) is 4.12. The van der Waals surface area contributed by atoms with Crippen LogP contribution in [-0.2, 0) is 0 Å². The average molecular weight is 124 g/mol. The molecule has 2 aliphatic carbocycles. The normalized spacial score (nSPS) is 46.3. The molecule has 2 saturated carbocycles. The number of rotatable bonds is 2. The second kappa shape index (κ2) is 1.21. The molecule has 0 spiro atoms. The highest BCUT2D eigenvalue weighted by Gasteiger charge is 2.74. The van der Waals surface area contributed by atoms with Crippen molar-refractivity contribution in [2.75, 3.05) is 0 Å². The highest BCUT2D eigenvalue weighted by atomic mass is 14.8. The Labute approximate surface area is 57.6 Å². The Morgan fingerprint density at radius 3 is 2.00 bits per heavy atom. The molecule has 0 heterocycles. The SMILES string of the molecule is CCC(C)(C)C12CC1C2. The molecule has 0 atom stereocenters. The Morgan fingerprint density at radius 1 is 1.44 bits per heavy atom. The highest BCUT2D eigenvalue weighted by molar-refractivity contribution is 5.23. The van der Waals surface area contributed by atoms with Crippen LogP contribution in [0, 0.1) is 16.7 Å². The van der Waals surface area contributed by atoms with Crippen LogP contribution in [0.25, 0.3) is 0 Å². The molecule has 0 heteroatoms. The van der Waals surface area contributed by atoms with Gasteiger partial charge in [0.05, 0.1) is 0 Å². The van der Waals surface area contributed by atoms with Crippen molar-refractivity contribution < 1.29 is 0 Å². The maximum absolute atomic E-state index is 2.43. The summed E-state index contributed by atoms with van der Waals surface area (Å²) in [7, 11) is 0. The second-order valence-electron chi connectivity index (χ2n) is 4.50. The molecule has 0 amide bonds. The fraction of sp³-hybridized carbons (Fsp3) is 1.00. The van der Waals surface area contributed by atoms with Crippen molar-refractivity contribution in [1.82, 2.24) is 0 Å². The van der Waals surface area contributed by atoms with Gasteiger partial charge in [0.15, 0.2) is 0 Å². The number of fused-ring (bicyclic) bond motifs is 1. The Bertz CT molecular complexity index is 138. The van der Waals surface area contributed by atoms with Crippen LogP contribution < -0.4 is 0 Å².